The quantitative estimate of drug-likeness (QED) is 0.108. The maximum atomic E-state index is 13.7. The van der Waals surface area contributed by atoms with E-state index in [4.69, 9.17) is 9.73 Å². The zero-order chi connectivity index (χ0) is 36.5. The number of nitrogens with zero attached hydrogens (tertiary/aromatic N) is 1. The molecule has 6 heteroatoms. The molecular weight excluding hydrogens is 633 g/mol. The number of unbranched alkanes of at least 4 members (excludes halogenated alkanes) is 7. The zero-order valence-electron chi connectivity index (χ0n) is 31.5. The molecule has 0 radical (unpaired) electrons. The van der Waals surface area contributed by atoms with E-state index in [1.54, 1.807) is 13.8 Å². The third kappa shape index (κ3) is 8.84. The Kier molecular flexibility index (Phi) is 13.0. The van der Waals surface area contributed by atoms with Gasteiger partial charge in [-0.05, 0) is 148 Å². The summed E-state index contributed by atoms with van der Waals surface area (Å²) in [6, 6.07) is 12.4. The van der Waals surface area contributed by atoms with Gasteiger partial charge in [0.2, 0.25) is 0 Å². The standard InChI is InChI=1S/C45H54N2O4/c1-7-46-40-26-34-25-35-27-41(47-8-2)30(4)24-39(35)43(38(34)23-29(40)3)36-20-16-17-21-37(36)45(50)51-22-18-14-12-10-9-11-13-15-19-33-28-42(48)31(5)32(6)44(33)49/h16-17,20-21,23-24,26-28,46H,7-15,18-19,22,25H2,1-6H3. The van der Waals surface area contributed by atoms with E-state index in [1.165, 1.54) is 28.3 Å². The van der Waals surface area contributed by atoms with Gasteiger partial charge in [0.25, 0.3) is 0 Å². The average Bonchev–Trinajstić information content (AvgIpc) is 3.12. The van der Waals surface area contributed by atoms with Crippen LogP contribution in [0.2, 0.25) is 0 Å². The number of hydrogen-bond acceptors (Lipinski definition) is 6. The summed E-state index contributed by atoms with van der Waals surface area (Å²) in [7, 11) is 0. The molecule has 3 aliphatic rings. The van der Waals surface area contributed by atoms with Crippen molar-refractivity contribution in [1.82, 2.24) is 0 Å². The summed E-state index contributed by atoms with van der Waals surface area (Å²) in [6.07, 6.45) is 15.8. The first kappa shape index (κ1) is 37.7. The number of benzene rings is 2. The third-order valence-corrected chi connectivity index (χ3v) is 10.3. The molecule has 2 aromatic carbocycles. The van der Waals surface area contributed by atoms with Gasteiger partial charge in [-0.15, -0.1) is 0 Å². The van der Waals surface area contributed by atoms with Crippen LogP contribution in [0.1, 0.15) is 125 Å². The van der Waals surface area contributed by atoms with Crippen LogP contribution < -0.4 is 5.32 Å². The zero-order valence-corrected chi connectivity index (χ0v) is 31.5. The number of esters is 1. The second-order valence-corrected chi connectivity index (χ2v) is 14.0. The number of ketones is 2. The highest BCUT2D eigenvalue weighted by Crippen LogP contribution is 2.44. The first-order valence-corrected chi connectivity index (χ1v) is 18.9. The number of allylic oxidation sites excluding steroid dienone is 9. The Morgan fingerprint density at radius 1 is 0.824 bits per heavy atom. The molecule has 0 saturated heterocycles. The third-order valence-electron chi connectivity index (χ3n) is 10.3. The maximum Gasteiger partial charge on any atom is 0.338 e. The number of ether oxygens (including phenoxy) is 1. The van der Waals surface area contributed by atoms with Crippen LogP contribution in [0.15, 0.2) is 93.1 Å². The van der Waals surface area contributed by atoms with Crippen molar-refractivity contribution >= 4 is 34.5 Å². The lowest BCUT2D eigenvalue weighted by Crippen LogP contribution is -2.17. The van der Waals surface area contributed by atoms with Gasteiger partial charge in [0.05, 0.1) is 17.9 Å². The minimum Gasteiger partial charge on any atom is -0.462 e. The van der Waals surface area contributed by atoms with Crippen molar-refractivity contribution in [2.75, 3.05) is 25.0 Å². The van der Waals surface area contributed by atoms with Gasteiger partial charge in [0.1, 0.15) is 0 Å². The molecule has 0 aliphatic heterocycles. The van der Waals surface area contributed by atoms with Crippen LogP contribution in [0.5, 0.6) is 0 Å². The molecule has 0 spiro atoms. The molecule has 0 atom stereocenters. The van der Waals surface area contributed by atoms with Crippen LogP contribution in [-0.4, -0.2) is 42.9 Å². The summed E-state index contributed by atoms with van der Waals surface area (Å²) in [6.45, 7) is 13.9. The molecule has 0 saturated carbocycles. The summed E-state index contributed by atoms with van der Waals surface area (Å²) >= 11 is 0. The van der Waals surface area contributed by atoms with E-state index < -0.39 is 0 Å². The fraction of sp³-hybridized carbons (Fsp3) is 0.422. The van der Waals surface area contributed by atoms with Crippen LogP contribution in [0.4, 0.5) is 5.69 Å². The van der Waals surface area contributed by atoms with Crippen molar-refractivity contribution in [3.63, 3.8) is 0 Å². The van der Waals surface area contributed by atoms with Crippen molar-refractivity contribution < 1.29 is 19.1 Å². The number of aryl methyl sites for hydroxylation is 1. The smallest absolute Gasteiger partial charge is 0.338 e. The minimum atomic E-state index is -0.281. The molecule has 0 bridgehead atoms. The fourth-order valence-corrected chi connectivity index (χ4v) is 7.33. The van der Waals surface area contributed by atoms with E-state index in [0.717, 1.165) is 105 Å². The molecular formula is C45H54N2O4. The molecule has 0 aromatic heterocycles. The van der Waals surface area contributed by atoms with Gasteiger partial charge in [0.15, 0.2) is 11.6 Å². The largest absolute Gasteiger partial charge is 0.462 e. The molecule has 0 heterocycles. The summed E-state index contributed by atoms with van der Waals surface area (Å²) < 4.78 is 5.90. The van der Waals surface area contributed by atoms with Crippen LogP contribution in [0, 0.1) is 6.92 Å². The lowest BCUT2D eigenvalue weighted by Gasteiger charge is -2.30. The average molecular weight is 687 g/mol. The molecule has 51 heavy (non-hydrogen) atoms. The lowest BCUT2D eigenvalue weighted by molar-refractivity contribution is -0.116. The van der Waals surface area contributed by atoms with Gasteiger partial charge >= 0.3 is 5.97 Å². The molecule has 0 unspecified atom stereocenters. The highest BCUT2D eigenvalue weighted by molar-refractivity contribution is 6.22. The van der Waals surface area contributed by atoms with Gasteiger partial charge in [-0.1, -0.05) is 56.7 Å². The first-order valence-electron chi connectivity index (χ1n) is 18.9. The van der Waals surface area contributed by atoms with Crippen molar-refractivity contribution in [2.45, 2.75) is 106 Å². The second-order valence-electron chi connectivity index (χ2n) is 14.0. The number of Topliss-reactive ketones (excluding diaryl/α,β-unsaturated/α-hetero) is 1. The van der Waals surface area contributed by atoms with Crippen molar-refractivity contribution in [3.05, 3.63) is 116 Å². The Balaban J connectivity index is 1.17. The Hall–Kier alpha value is -4.58. The van der Waals surface area contributed by atoms with Gasteiger partial charge in [0, 0.05) is 35.5 Å². The number of nitrogens with one attached hydrogen (secondary N) is 1. The Labute approximate surface area is 304 Å². The van der Waals surface area contributed by atoms with Crippen LogP contribution >= 0.6 is 0 Å². The minimum absolute atomic E-state index is 0.0288. The Morgan fingerprint density at radius 3 is 2.25 bits per heavy atom. The van der Waals surface area contributed by atoms with E-state index in [2.05, 4.69) is 63.4 Å². The molecule has 2 aromatic rings. The number of carbonyl (C=O) groups is 3. The number of carbonyl (C=O) groups excluding carboxylic acids is 3. The predicted octanol–water partition coefficient (Wildman–Crippen LogP) is 10.2. The van der Waals surface area contributed by atoms with Crippen molar-refractivity contribution in [1.29, 1.82) is 0 Å². The van der Waals surface area contributed by atoms with Crippen LogP contribution in [0.3, 0.4) is 0 Å². The van der Waals surface area contributed by atoms with Gasteiger partial charge in [-0.3, -0.25) is 14.6 Å². The van der Waals surface area contributed by atoms with E-state index in [0.29, 0.717) is 35.3 Å². The monoisotopic (exact) mass is 686 g/mol. The highest BCUT2D eigenvalue weighted by Gasteiger charge is 2.29. The first-order chi connectivity index (χ1) is 24.6. The van der Waals surface area contributed by atoms with Gasteiger partial charge in [-0.25, -0.2) is 4.79 Å². The molecule has 0 amide bonds. The molecule has 5 rings (SSSR count). The molecule has 6 nitrogen and oxygen atoms in total. The van der Waals surface area contributed by atoms with E-state index in [-0.39, 0.29) is 17.5 Å². The number of rotatable bonds is 16. The van der Waals surface area contributed by atoms with Crippen LogP contribution in [-0.2, 0) is 20.7 Å². The topological polar surface area (TPSA) is 84.8 Å². The highest BCUT2D eigenvalue weighted by atomic mass is 16.5. The van der Waals surface area contributed by atoms with E-state index >= 15 is 0 Å². The van der Waals surface area contributed by atoms with Crippen LogP contribution in [0.25, 0.3) is 5.57 Å². The molecule has 0 fully saturated rings. The van der Waals surface area contributed by atoms with Crippen molar-refractivity contribution in [2.24, 2.45) is 4.99 Å². The normalized spacial score (nSPS) is 16.5. The summed E-state index contributed by atoms with van der Waals surface area (Å²) in [4.78, 5) is 42.9. The summed E-state index contributed by atoms with van der Waals surface area (Å²) in [5.41, 5.74) is 13.7. The molecule has 3 aliphatic carbocycles. The van der Waals surface area contributed by atoms with E-state index in [9.17, 15) is 14.4 Å². The lowest BCUT2D eigenvalue weighted by atomic mass is 9.75. The van der Waals surface area contributed by atoms with E-state index in [1.807, 2.05) is 18.2 Å². The number of aliphatic imine (C=N–C) groups is 1. The SMILES string of the molecule is CCN=C1C=C2Cc3cc(NCC)c(C)cc3C(c3ccccc3C(=O)OCCCCCCCCCCC3=CC(=O)C(C)=C(C)C3=O)=C2C=C1C. The summed E-state index contributed by atoms with van der Waals surface area (Å²) in [5, 5.41) is 3.52. The predicted molar refractivity (Wildman–Crippen MR) is 210 cm³/mol. The number of anilines is 1. The van der Waals surface area contributed by atoms with Gasteiger partial charge < -0.3 is 10.1 Å². The van der Waals surface area contributed by atoms with Crippen molar-refractivity contribution in [3.8, 4) is 0 Å². The Morgan fingerprint density at radius 2 is 1.53 bits per heavy atom. The molecule has 1 N–H and O–H groups in total. The maximum absolute atomic E-state index is 13.7. The molecule has 268 valence electrons. The fourth-order valence-electron chi connectivity index (χ4n) is 7.33. The second kappa shape index (κ2) is 17.6. The number of hydrogen-bond donors (Lipinski definition) is 1. The Bertz CT molecular complexity index is 1880. The number of fused-ring (bicyclic) bond motifs is 2. The van der Waals surface area contributed by atoms with Gasteiger partial charge in [-0.2, -0.15) is 0 Å². The summed E-state index contributed by atoms with van der Waals surface area (Å²) in [5.74, 6) is -0.282.